The summed E-state index contributed by atoms with van der Waals surface area (Å²) in [5.74, 6) is -1.23. The van der Waals surface area contributed by atoms with Gasteiger partial charge in [-0.2, -0.15) is 0 Å². The summed E-state index contributed by atoms with van der Waals surface area (Å²) in [6, 6.07) is 5.54. The van der Waals surface area contributed by atoms with Crippen molar-refractivity contribution < 1.29 is 14.0 Å². The summed E-state index contributed by atoms with van der Waals surface area (Å²) in [5.41, 5.74) is 11.4. The fourth-order valence-corrected chi connectivity index (χ4v) is 3.11. The van der Waals surface area contributed by atoms with Crippen molar-refractivity contribution in [1.82, 2.24) is 0 Å². The lowest BCUT2D eigenvalue weighted by Crippen LogP contribution is -2.17. The van der Waals surface area contributed by atoms with Crippen LogP contribution >= 0.6 is 23.1 Å². The van der Waals surface area contributed by atoms with Gasteiger partial charge in [0, 0.05) is 10.6 Å². The number of benzene rings is 1. The maximum Gasteiger partial charge on any atom is 0.251 e. The number of hydrogen-bond donors (Lipinski definition) is 3. The van der Waals surface area contributed by atoms with E-state index in [9.17, 15) is 14.0 Å². The third-order valence-electron chi connectivity index (χ3n) is 2.51. The molecule has 21 heavy (non-hydrogen) atoms. The third-order valence-corrected chi connectivity index (χ3v) is 4.43. The van der Waals surface area contributed by atoms with Gasteiger partial charge in [0.2, 0.25) is 5.91 Å². The standard InChI is InChI=1S/C13H12FN3O2S2/c14-7-1-2-10(9(15)5-7)21-6-11(18)17-13-8(12(16)19)3-4-20-13/h1-5H,6,15H2,(H2,16,19)(H,17,18). The number of nitrogens with one attached hydrogen (secondary N) is 1. The van der Waals surface area contributed by atoms with Crippen molar-refractivity contribution in [3.63, 3.8) is 0 Å². The smallest absolute Gasteiger partial charge is 0.251 e. The summed E-state index contributed by atoms with van der Waals surface area (Å²) in [4.78, 5) is 23.6. The lowest BCUT2D eigenvalue weighted by atomic mass is 10.3. The molecule has 0 aliphatic heterocycles. The van der Waals surface area contributed by atoms with Gasteiger partial charge in [-0.1, -0.05) is 0 Å². The van der Waals surface area contributed by atoms with Crippen molar-refractivity contribution in [3.05, 3.63) is 41.0 Å². The molecule has 1 heterocycles. The molecule has 0 radical (unpaired) electrons. The molecule has 0 aliphatic rings. The van der Waals surface area contributed by atoms with Crippen molar-refractivity contribution in [2.75, 3.05) is 16.8 Å². The van der Waals surface area contributed by atoms with E-state index in [4.69, 9.17) is 11.5 Å². The quantitative estimate of drug-likeness (QED) is 0.580. The number of carbonyl (C=O) groups is 2. The van der Waals surface area contributed by atoms with E-state index in [1.807, 2.05) is 0 Å². The molecule has 5 N–H and O–H groups in total. The van der Waals surface area contributed by atoms with Gasteiger partial charge >= 0.3 is 0 Å². The van der Waals surface area contributed by atoms with Crippen molar-refractivity contribution >= 4 is 45.6 Å². The molecule has 2 amide bonds. The van der Waals surface area contributed by atoms with Crippen LogP contribution in [-0.4, -0.2) is 17.6 Å². The Balaban J connectivity index is 1.96. The highest BCUT2D eigenvalue weighted by Gasteiger charge is 2.13. The Bertz CT molecular complexity index is 688. The van der Waals surface area contributed by atoms with Crippen LogP contribution in [0.15, 0.2) is 34.5 Å². The number of amides is 2. The molecular weight excluding hydrogens is 313 g/mol. The fraction of sp³-hybridized carbons (Fsp3) is 0.0769. The first kappa shape index (κ1) is 15.3. The minimum absolute atomic E-state index is 0.0892. The second-order valence-corrected chi connectivity index (χ2v) is 5.98. The number of anilines is 2. The summed E-state index contributed by atoms with van der Waals surface area (Å²) in [7, 11) is 0. The zero-order valence-electron chi connectivity index (χ0n) is 10.8. The first-order chi connectivity index (χ1) is 9.97. The van der Waals surface area contributed by atoms with Crippen molar-refractivity contribution in [3.8, 4) is 0 Å². The van der Waals surface area contributed by atoms with Crippen LogP contribution in [0.3, 0.4) is 0 Å². The van der Waals surface area contributed by atoms with E-state index in [1.54, 1.807) is 11.4 Å². The molecule has 2 aromatic rings. The van der Waals surface area contributed by atoms with Crippen LogP contribution in [0, 0.1) is 5.82 Å². The molecular formula is C13H12FN3O2S2. The zero-order valence-corrected chi connectivity index (χ0v) is 12.4. The third kappa shape index (κ3) is 3.96. The zero-order chi connectivity index (χ0) is 15.4. The molecule has 0 unspecified atom stereocenters. The predicted molar refractivity (Wildman–Crippen MR) is 83.0 cm³/mol. The van der Waals surface area contributed by atoms with Gasteiger partial charge in [-0.15, -0.1) is 23.1 Å². The number of nitrogen functional groups attached to an aromatic ring is 1. The lowest BCUT2D eigenvalue weighted by molar-refractivity contribution is -0.113. The highest BCUT2D eigenvalue weighted by molar-refractivity contribution is 8.00. The Morgan fingerprint density at radius 3 is 2.76 bits per heavy atom. The van der Waals surface area contributed by atoms with Crippen LogP contribution in [-0.2, 0) is 4.79 Å². The van der Waals surface area contributed by atoms with Gasteiger partial charge in [-0.25, -0.2) is 4.39 Å². The van der Waals surface area contributed by atoms with Crippen LogP contribution in [0.5, 0.6) is 0 Å². The van der Waals surface area contributed by atoms with Gasteiger partial charge in [0.15, 0.2) is 0 Å². The van der Waals surface area contributed by atoms with Crippen LogP contribution in [0.25, 0.3) is 0 Å². The van der Waals surface area contributed by atoms with Gasteiger partial charge in [0.1, 0.15) is 10.8 Å². The van der Waals surface area contributed by atoms with E-state index < -0.39 is 11.7 Å². The number of hydrogen-bond acceptors (Lipinski definition) is 5. The van der Waals surface area contributed by atoms with E-state index in [2.05, 4.69) is 5.32 Å². The number of rotatable bonds is 5. The first-order valence-electron chi connectivity index (χ1n) is 5.82. The summed E-state index contributed by atoms with van der Waals surface area (Å²) in [6.45, 7) is 0. The average Bonchev–Trinajstić information content (AvgIpc) is 2.86. The molecule has 2 rings (SSSR count). The molecule has 8 heteroatoms. The number of primary amides is 1. The van der Waals surface area contributed by atoms with E-state index in [0.29, 0.717) is 9.90 Å². The minimum Gasteiger partial charge on any atom is -0.398 e. The van der Waals surface area contributed by atoms with Gasteiger partial charge in [-0.3, -0.25) is 9.59 Å². The molecule has 0 saturated carbocycles. The Hall–Kier alpha value is -2.06. The molecule has 0 atom stereocenters. The fourth-order valence-electron chi connectivity index (χ4n) is 1.56. The molecule has 1 aromatic carbocycles. The number of carbonyl (C=O) groups excluding carboxylic acids is 2. The first-order valence-corrected chi connectivity index (χ1v) is 7.69. The van der Waals surface area contributed by atoms with Gasteiger partial charge in [0.05, 0.1) is 11.3 Å². The highest BCUT2D eigenvalue weighted by atomic mass is 32.2. The lowest BCUT2D eigenvalue weighted by Gasteiger charge is -2.06. The molecule has 0 aliphatic carbocycles. The maximum absolute atomic E-state index is 12.9. The monoisotopic (exact) mass is 325 g/mol. The van der Waals surface area contributed by atoms with Crippen molar-refractivity contribution in [1.29, 1.82) is 0 Å². The highest BCUT2D eigenvalue weighted by Crippen LogP contribution is 2.27. The average molecular weight is 325 g/mol. The topological polar surface area (TPSA) is 98.2 Å². The Morgan fingerprint density at radius 1 is 1.33 bits per heavy atom. The van der Waals surface area contributed by atoms with Crippen LogP contribution < -0.4 is 16.8 Å². The summed E-state index contributed by atoms with van der Waals surface area (Å²) < 4.78 is 12.9. The second kappa shape index (κ2) is 6.59. The van der Waals surface area contributed by atoms with Crippen LogP contribution in [0.1, 0.15) is 10.4 Å². The van der Waals surface area contributed by atoms with Crippen LogP contribution in [0.4, 0.5) is 15.1 Å². The van der Waals surface area contributed by atoms with Crippen molar-refractivity contribution in [2.24, 2.45) is 5.73 Å². The summed E-state index contributed by atoms with van der Waals surface area (Å²) in [5, 5.41) is 4.70. The van der Waals surface area contributed by atoms with E-state index in [0.717, 1.165) is 0 Å². The number of thiophene rings is 1. The van der Waals surface area contributed by atoms with Gasteiger partial charge < -0.3 is 16.8 Å². The Morgan fingerprint density at radius 2 is 2.10 bits per heavy atom. The summed E-state index contributed by atoms with van der Waals surface area (Å²) in [6.07, 6.45) is 0. The summed E-state index contributed by atoms with van der Waals surface area (Å²) >= 11 is 2.40. The SMILES string of the molecule is NC(=O)c1ccsc1NC(=O)CSc1ccc(F)cc1N. The molecule has 5 nitrogen and oxygen atoms in total. The van der Waals surface area contributed by atoms with E-state index in [-0.39, 0.29) is 22.9 Å². The number of halogens is 1. The second-order valence-electron chi connectivity index (χ2n) is 4.05. The van der Waals surface area contributed by atoms with E-state index >= 15 is 0 Å². The maximum atomic E-state index is 12.9. The molecule has 0 saturated heterocycles. The number of nitrogens with two attached hydrogens (primary N) is 2. The van der Waals surface area contributed by atoms with E-state index in [1.165, 1.54) is 41.3 Å². The molecule has 1 aromatic heterocycles. The molecule has 110 valence electrons. The molecule has 0 bridgehead atoms. The Labute approximate surface area is 128 Å². The predicted octanol–water partition coefficient (Wildman–Crippen LogP) is 2.30. The van der Waals surface area contributed by atoms with Crippen LogP contribution in [0.2, 0.25) is 0 Å². The minimum atomic E-state index is -0.595. The van der Waals surface area contributed by atoms with Gasteiger partial charge in [-0.05, 0) is 29.6 Å². The molecule has 0 spiro atoms. The Kier molecular flexibility index (Phi) is 4.81. The molecule has 0 fully saturated rings. The normalized spacial score (nSPS) is 10.3. The van der Waals surface area contributed by atoms with Crippen molar-refractivity contribution in [2.45, 2.75) is 4.90 Å². The number of thioether (sulfide) groups is 1. The van der Waals surface area contributed by atoms with Gasteiger partial charge in [0.25, 0.3) is 5.91 Å². The largest absolute Gasteiger partial charge is 0.398 e.